The van der Waals surface area contributed by atoms with Crippen molar-refractivity contribution in [1.29, 1.82) is 0 Å². The van der Waals surface area contributed by atoms with Gasteiger partial charge in [-0.2, -0.15) is 4.98 Å². The Balaban J connectivity index is 1.84. The molecule has 2 heterocycles. The van der Waals surface area contributed by atoms with Crippen LogP contribution in [0.2, 0.25) is 0 Å². The van der Waals surface area contributed by atoms with Crippen LogP contribution in [0.1, 0.15) is 72.4 Å². The van der Waals surface area contributed by atoms with E-state index in [0.717, 1.165) is 12.8 Å². The van der Waals surface area contributed by atoms with Crippen molar-refractivity contribution in [2.45, 2.75) is 64.6 Å². The Morgan fingerprint density at radius 3 is 2.06 bits per heavy atom. The number of nitrogens with one attached hydrogen (secondary N) is 1. The third-order valence-electron chi connectivity index (χ3n) is 7.15. The molecule has 3 aromatic rings. The number of hydrogen-bond donors (Lipinski definition) is 2. The zero-order valence-corrected chi connectivity index (χ0v) is 20.7. The summed E-state index contributed by atoms with van der Waals surface area (Å²) in [7, 11) is 0. The molecule has 1 aliphatic heterocycles. The van der Waals surface area contributed by atoms with Gasteiger partial charge in [-0.25, -0.2) is 0 Å². The Hall–Kier alpha value is -3.61. The fourth-order valence-corrected chi connectivity index (χ4v) is 5.60. The summed E-state index contributed by atoms with van der Waals surface area (Å²) in [5.74, 6) is -0.710. The fourth-order valence-electron chi connectivity index (χ4n) is 5.60. The summed E-state index contributed by atoms with van der Waals surface area (Å²) in [4.78, 5) is 32.2. The first-order valence-electron chi connectivity index (χ1n) is 12.4. The lowest BCUT2D eigenvalue weighted by Crippen LogP contribution is -2.50. The van der Waals surface area contributed by atoms with Crippen LogP contribution in [-0.4, -0.2) is 44.1 Å². The van der Waals surface area contributed by atoms with Gasteiger partial charge in [0.2, 0.25) is 11.7 Å². The van der Waals surface area contributed by atoms with Crippen LogP contribution in [0.4, 0.5) is 5.95 Å². The van der Waals surface area contributed by atoms with Crippen LogP contribution in [0.5, 0.6) is 5.75 Å². The van der Waals surface area contributed by atoms with Crippen molar-refractivity contribution in [3.05, 3.63) is 86.8 Å². The molecule has 2 aromatic carbocycles. The average Bonchev–Trinajstić information content (AvgIpc) is 2.99. The van der Waals surface area contributed by atoms with Gasteiger partial charge in [0, 0.05) is 24.5 Å². The van der Waals surface area contributed by atoms with Gasteiger partial charge in [0.05, 0.1) is 6.04 Å². The summed E-state index contributed by atoms with van der Waals surface area (Å²) in [5, 5.41) is 14.1. The van der Waals surface area contributed by atoms with Gasteiger partial charge in [-0.3, -0.25) is 14.2 Å². The van der Waals surface area contributed by atoms with E-state index in [1.165, 1.54) is 22.3 Å². The van der Waals surface area contributed by atoms with Crippen molar-refractivity contribution in [2.24, 2.45) is 0 Å². The minimum absolute atomic E-state index is 0.0114. The smallest absolute Gasteiger partial charge is 0.317 e. The van der Waals surface area contributed by atoms with Crippen molar-refractivity contribution in [3.63, 3.8) is 0 Å². The lowest BCUT2D eigenvalue weighted by molar-refractivity contribution is 0.0588. The number of anilines is 1. The minimum atomic E-state index is -0.793. The van der Waals surface area contributed by atoms with Gasteiger partial charge >= 0.3 is 5.56 Å². The van der Waals surface area contributed by atoms with Crippen molar-refractivity contribution in [2.75, 3.05) is 11.9 Å². The van der Waals surface area contributed by atoms with E-state index in [-0.39, 0.29) is 35.6 Å². The Kier molecular flexibility index (Phi) is 5.87. The largest absolute Gasteiger partial charge is 0.501 e. The number of nitrogens with zero attached hydrogens (tertiary/aromatic N) is 3. The molecule has 182 valence electrons. The summed E-state index contributed by atoms with van der Waals surface area (Å²) in [5.41, 5.74) is 4.19. The molecular formula is C28H32N4O3. The molecule has 35 heavy (non-hydrogen) atoms. The van der Waals surface area contributed by atoms with Crippen LogP contribution in [0.3, 0.4) is 0 Å². The van der Waals surface area contributed by atoms with E-state index in [0.29, 0.717) is 12.5 Å². The Morgan fingerprint density at radius 1 is 0.943 bits per heavy atom. The summed E-state index contributed by atoms with van der Waals surface area (Å²) < 4.78 is 1.79. The van der Waals surface area contributed by atoms with Crippen LogP contribution in [0, 0.1) is 0 Å². The normalized spacial score (nSPS) is 17.7. The molecule has 0 fully saturated rings. The highest BCUT2D eigenvalue weighted by Gasteiger charge is 2.43. The van der Waals surface area contributed by atoms with Gasteiger partial charge in [-0.05, 0) is 62.8 Å². The number of fused-ring (bicyclic) bond motifs is 3. The predicted molar refractivity (Wildman–Crippen MR) is 136 cm³/mol. The molecule has 1 amide bonds. The second-order valence-electron chi connectivity index (χ2n) is 10.1. The van der Waals surface area contributed by atoms with Gasteiger partial charge in [-0.15, -0.1) is 0 Å². The Labute approximate surface area is 205 Å². The highest BCUT2D eigenvalue weighted by atomic mass is 16.3. The van der Waals surface area contributed by atoms with Gasteiger partial charge in [0.25, 0.3) is 5.91 Å². The topological polar surface area (TPSA) is 87.5 Å². The number of rotatable bonds is 4. The number of aromatic hydroxyl groups is 1. The van der Waals surface area contributed by atoms with E-state index in [4.69, 9.17) is 0 Å². The monoisotopic (exact) mass is 472 g/mol. The quantitative estimate of drug-likeness (QED) is 0.597. The van der Waals surface area contributed by atoms with Gasteiger partial charge < -0.3 is 15.3 Å². The first-order chi connectivity index (χ1) is 16.8. The highest BCUT2D eigenvalue weighted by Crippen LogP contribution is 2.45. The number of amides is 1. The summed E-state index contributed by atoms with van der Waals surface area (Å²) >= 11 is 0. The summed E-state index contributed by atoms with van der Waals surface area (Å²) in [6.07, 6.45) is 1.86. The van der Waals surface area contributed by atoms with Crippen molar-refractivity contribution in [3.8, 4) is 5.75 Å². The molecule has 1 aliphatic carbocycles. The minimum Gasteiger partial charge on any atom is -0.501 e. The van der Waals surface area contributed by atoms with E-state index >= 15 is 0 Å². The molecule has 1 atom stereocenters. The number of aromatic nitrogens is 2. The fraction of sp³-hybridized carbons (Fsp3) is 0.393. The lowest BCUT2D eigenvalue weighted by atomic mass is 9.81. The zero-order valence-electron chi connectivity index (χ0n) is 20.7. The maximum Gasteiger partial charge on any atom is 0.317 e. The van der Waals surface area contributed by atoms with Gasteiger partial charge in [0.15, 0.2) is 5.69 Å². The molecule has 0 radical (unpaired) electrons. The molecule has 7 heteroatoms. The second-order valence-corrected chi connectivity index (χ2v) is 10.1. The van der Waals surface area contributed by atoms with E-state index in [1.54, 1.807) is 9.47 Å². The molecular weight excluding hydrogens is 440 g/mol. The third-order valence-corrected chi connectivity index (χ3v) is 7.15. The standard InChI is InChI=1S/C28H32N4O3/c1-16(2)29-28-30-26(34)25(33)24-27(35)31(17(3)4)15-22(32(24)28)23-20-11-7-5-9-18(20)13-14-19-10-6-8-12-21(19)23/h5-12,16-17,22-23,33H,13-15H2,1-4H3,(H,29,30,34)/t22-/m1/s1. The van der Waals surface area contributed by atoms with Gasteiger partial charge in [-0.1, -0.05) is 48.5 Å². The van der Waals surface area contributed by atoms with Crippen molar-refractivity contribution >= 4 is 11.9 Å². The summed E-state index contributed by atoms with van der Waals surface area (Å²) in [6, 6.07) is 16.6. The molecule has 2 aliphatic rings. The molecule has 5 rings (SSSR count). The van der Waals surface area contributed by atoms with E-state index < -0.39 is 11.3 Å². The Bertz CT molecular complexity index is 1300. The molecule has 0 bridgehead atoms. The maximum absolute atomic E-state index is 13.6. The number of carbonyl (C=O) groups is 1. The van der Waals surface area contributed by atoms with E-state index in [9.17, 15) is 14.7 Å². The molecule has 1 aromatic heterocycles. The van der Waals surface area contributed by atoms with Crippen LogP contribution in [0.15, 0.2) is 53.3 Å². The number of hydrogen-bond acceptors (Lipinski definition) is 5. The van der Waals surface area contributed by atoms with Crippen LogP contribution in [0.25, 0.3) is 0 Å². The first kappa shape index (κ1) is 23.1. The number of carbonyl (C=O) groups excluding carboxylic acids is 1. The number of benzene rings is 2. The Morgan fingerprint density at radius 2 is 1.51 bits per heavy atom. The molecule has 0 spiro atoms. The van der Waals surface area contributed by atoms with Gasteiger partial charge in [0.1, 0.15) is 0 Å². The van der Waals surface area contributed by atoms with Crippen molar-refractivity contribution in [1.82, 2.24) is 14.5 Å². The van der Waals surface area contributed by atoms with Crippen LogP contribution in [-0.2, 0) is 12.8 Å². The molecule has 0 saturated heterocycles. The van der Waals surface area contributed by atoms with Crippen LogP contribution < -0.4 is 10.9 Å². The third kappa shape index (κ3) is 3.89. The highest BCUT2D eigenvalue weighted by molar-refractivity contribution is 5.96. The predicted octanol–water partition coefficient (Wildman–Crippen LogP) is 4.11. The molecule has 0 unspecified atom stereocenters. The van der Waals surface area contributed by atoms with E-state index in [1.807, 2.05) is 27.7 Å². The SMILES string of the molecule is CC(C)Nc1nc(=O)c(O)c2n1[C@@H](C1c3ccccc3CCc3ccccc31)CN(C(C)C)C2=O. The average molecular weight is 473 g/mol. The summed E-state index contributed by atoms with van der Waals surface area (Å²) in [6.45, 7) is 8.28. The second kappa shape index (κ2) is 8.87. The zero-order chi connectivity index (χ0) is 24.9. The molecule has 7 nitrogen and oxygen atoms in total. The van der Waals surface area contributed by atoms with E-state index in [2.05, 4.69) is 58.8 Å². The number of aryl methyl sites for hydroxylation is 2. The maximum atomic E-state index is 13.6. The van der Waals surface area contributed by atoms with Crippen LogP contribution >= 0.6 is 0 Å². The lowest BCUT2D eigenvalue weighted by Gasteiger charge is -2.43. The van der Waals surface area contributed by atoms with Crippen molar-refractivity contribution < 1.29 is 9.90 Å². The molecule has 2 N–H and O–H groups in total. The first-order valence-corrected chi connectivity index (χ1v) is 12.4. The molecule has 0 saturated carbocycles.